The molecule has 0 bridgehead atoms. The minimum Gasteiger partial charge on any atom is -0.497 e. The first kappa shape index (κ1) is 22.8. The van der Waals surface area contributed by atoms with Crippen molar-refractivity contribution in [3.63, 3.8) is 0 Å². The Morgan fingerprint density at radius 2 is 1.82 bits per heavy atom. The Morgan fingerprint density at radius 3 is 2.45 bits per heavy atom. The van der Waals surface area contributed by atoms with Gasteiger partial charge in [0.25, 0.3) is 5.56 Å². The molecule has 0 unspecified atom stereocenters. The molecular formula is C24H32N6O3. The molecule has 1 aliphatic rings. The van der Waals surface area contributed by atoms with E-state index < -0.39 is 0 Å². The predicted octanol–water partition coefficient (Wildman–Crippen LogP) is 1.52. The number of hydrogen-bond acceptors (Lipinski definition) is 6. The summed E-state index contributed by atoms with van der Waals surface area (Å²) in [5.41, 5.74) is 2.45. The number of anilines is 1. The SMILES string of the molecule is COc1ccc(CCn2c(=O)c3c(nc(N4CCNCC4)n3CC=C(C)C)n(C)c2=O)cc1. The first-order valence-corrected chi connectivity index (χ1v) is 11.3. The van der Waals surface area contributed by atoms with E-state index in [0.29, 0.717) is 30.7 Å². The van der Waals surface area contributed by atoms with Crippen molar-refractivity contribution < 1.29 is 4.74 Å². The number of nitrogens with zero attached hydrogens (tertiary/aromatic N) is 5. The van der Waals surface area contributed by atoms with E-state index in [1.807, 2.05) is 42.7 Å². The summed E-state index contributed by atoms with van der Waals surface area (Å²) in [5.74, 6) is 1.51. The van der Waals surface area contributed by atoms with Gasteiger partial charge < -0.3 is 19.5 Å². The van der Waals surface area contributed by atoms with Gasteiger partial charge in [-0.05, 0) is 38.0 Å². The average Bonchev–Trinajstić information content (AvgIpc) is 3.22. The van der Waals surface area contributed by atoms with E-state index in [1.165, 1.54) is 9.13 Å². The monoisotopic (exact) mass is 452 g/mol. The molecule has 4 rings (SSSR count). The van der Waals surface area contributed by atoms with E-state index in [2.05, 4.69) is 16.3 Å². The molecule has 0 aliphatic carbocycles. The van der Waals surface area contributed by atoms with Gasteiger partial charge in [0.2, 0.25) is 5.95 Å². The second-order valence-electron chi connectivity index (χ2n) is 8.61. The van der Waals surface area contributed by atoms with Gasteiger partial charge >= 0.3 is 5.69 Å². The van der Waals surface area contributed by atoms with Gasteiger partial charge in [-0.1, -0.05) is 23.8 Å². The molecular weight excluding hydrogens is 420 g/mol. The van der Waals surface area contributed by atoms with Gasteiger partial charge in [0.1, 0.15) is 5.75 Å². The third-order valence-electron chi connectivity index (χ3n) is 6.08. The summed E-state index contributed by atoms with van der Waals surface area (Å²) in [6.07, 6.45) is 2.65. The summed E-state index contributed by atoms with van der Waals surface area (Å²) < 4.78 is 9.99. The zero-order valence-electron chi connectivity index (χ0n) is 19.8. The Kier molecular flexibility index (Phi) is 6.69. The Balaban J connectivity index is 1.79. The maximum Gasteiger partial charge on any atom is 0.332 e. The fourth-order valence-electron chi connectivity index (χ4n) is 4.14. The zero-order chi connectivity index (χ0) is 23.5. The number of fused-ring (bicyclic) bond motifs is 1. The Bertz CT molecular complexity index is 1270. The standard InChI is InChI=1S/C24H32N6O3/c1-17(2)9-13-29-20-21(26-23(29)28-15-11-25-12-16-28)27(3)24(32)30(22(20)31)14-10-18-5-7-19(33-4)8-6-18/h5-9,25H,10-16H2,1-4H3. The number of rotatable bonds is 7. The van der Waals surface area contributed by atoms with Crippen molar-refractivity contribution in [2.24, 2.45) is 7.05 Å². The molecule has 0 amide bonds. The van der Waals surface area contributed by atoms with Gasteiger partial charge in [-0.25, -0.2) is 4.79 Å². The number of ether oxygens (including phenoxy) is 1. The van der Waals surface area contributed by atoms with Gasteiger partial charge in [0.15, 0.2) is 11.2 Å². The van der Waals surface area contributed by atoms with Crippen LogP contribution in [0.3, 0.4) is 0 Å². The smallest absolute Gasteiger partial charge is 0.332 e. The lowest BCUT2D eigenvalue weighted by Crippen LogP contribution is -2.44. The fraction of sp³-hybridized carbons (Fsp3) is 0.458. The van der Waals surface area contributed by atoms with E-state index in [0.717, 1.165) is 49.0 Å². The first-order chi connectivity index (χ1) is 15.9. The molecule has 1 N–H and O–H groups in total. The lowest BCUT2D eigenvalue weighted by molar-refractivity contribution is 0.414. The molecule has 3 heterocycles. The van der Waals surface area contributed by atoms with E-state index in [9.17, 15) is 9.59 Å². The van der Waals surface area contributed by atoms with Crippen LogP contribution >= 0.6 is 0 Å². The number of allylic oxidation sites excluding steroid dienone is 2. The van der Waals surface area contributed by atoms with Gasteiger partial charge in [-0.15, -0.1) is 0 Å². The molecule has 0 atom stereocenters. The van der Waals surface area contributed by atoms with Crippen LogP contribution in [0.5, 0.6) is 5.75 Å². The minimum atomic E-state index is -0.347. The van der Waals surface area contributed by atoms with Crippen LogP contribution in [0, 0.1) is 0 Å². The topological polar surface area (TPSA) is 86.3 Å². The van der Waals surface area contributed by atoms with E-state index in [4.69, 9.17) is 9.72 Å². The van der Waals surface area contributed by atoms with Crippen molar-refractivity contribution in [1.82, 2.24) is 24.0 Å². The predicted molar refractivity (Wildman–Crippen MR) is 130 cm³/mol. The van der Waals surface area contributed by atoms with Crippen LogP contribution in [-0.2, 0) is 26.6 Å². The third-order valence-corrected chi connectivity index (χ3v) is 6.08. The molecule has 2 aromatic heterocycles. The molecule has 1 aliphatic heterocycles. The summed E-state index contributed by atoms with van der Waals surface area (Å²) >= 11 is 0. The molecule has 1 fully saturated rings. The van der Waals surface area contributed by atoms with Crippen LogP contribution in [0.2, 0.25) is 0 Å². The van der Waals surface area contributed by atoms with Gasteiger partial charge in [-0.3, -0.25) is 13.9 Å². The minimum absolute atomic E-state index is 0.294. The van der Waals surface area contributed by atoms with Crippen LogP contribution in [0.1, 0.15) is 19.4 Å². The summed E-state index contributed by atoms with van der Waals surface area (Å²) in [6, 6.07) is 7.67. The van der Waals surface area contributed by atoms with E-state index in [1.54, 1.807) is 14.2 Å². The average molecular weight is 453 g/mol. The summed E-state index contributed by atoms with van der Waals surface area (Å²) in [6.45, 7) is 8.22. The van der Waals surface area contributed by atoms with Crippen molar-refractivity contribution in [1.29, 1.82) is 0 Å². The molecule has 0 spiro atoms. The van der Waals surface area contributed by atoms with Gasteiger partial charge in [-0.2, -0.15) is 4.98 Å². The zero-order valence-corrected chi connectivity index (χ0v) is 19.8. The Hall–Kier alpha value is -3.33. The normalized spacial score (nSPS) is 14.0. The van der Waals surface area contributed by atoms with Crippen LogP contribution in [0.15, 0.2) is 45.5 Å². The molecule has 0 saturated carbocycles. The highest BCUT2D eigenvalue weighted by Crippen LogP contribution is 2.21. The van der Waals surface area contributed by atoms with Crippen molar-refractivity contribution in [2.45, 2.75) is 33.4 Å². The summed E-state index contributed by atoms with van der Waals surface area (Å²) in [5, 5.41) is 3.35. The van der Waals surface area contributed by atoms with Crippen LogP contribution in [0.25, 0.3) is 11.2 Å². The second kappa shape index (κ2) is 9.66. The lowest BCUT2D eigenvalue weighted by Gasteiger charge is -2.28. The number of hydrogen-bond donors (Lipinski definition) is 1. The molecule has 9 heteroatoms. The second-order valence-corrected chi connectivity index (χ2v) is 8.61. The quantitative estimate of drug-likeness (QED) is 0.547. The summed E-state index contributed by atoms with van der Waals surface area (Å²) in [4.78, 5) is 33.7. The number of aromatic nitrogens is 4. The molecule has 176 valence electrons. The summed E-state index contributed by atoms with van der Waals surface area (Å²) in [7, 11) is 3.31. The van der Waals surface area contributed by atoms with Crippen LogP contribution < -0.4 is 26.2 Å². The number of imidazole rings is 1. The number of nitrogens with one attached hydrogen (secondary N) is 1. The van der Waals surface area contributed by atoms with Crippen LogP contribution in [-0.4, -0.2) is 52.0 Å². The molecule has 1 aromatic carbocycles. The van der Waals surface area contributed by atoms with E-state index >= 15 is 0 Å². The molecule has 9 nitrogen and oxygen atoms in total. The number of benzene rings is 1. The molecule has 3 aromatic rings. The largest absolute Gasteiger partial charge is 0.497 e. The Morgan fingerprint density at radius 1 is 1.12 bits per heavy atom. The highest BCUT2D eigenvalue weighted by molar-refractivity contribution is 5.74. The van der Waals surface area contributed by atoms with Gasteiger partial charge in [0, 0.05) is 46.3 Å². The van der Waals surface area contributed by atoms with Crippen LogP contribution in [0.4, 0.5) is 5.95 Å². The Labute approximate surface area is 192 Å². The highest BCUT2D eigenvalue weighted by atomic mass is 16.5. The fourth-order valence-corrected chi connectivity index (χ4v) is 4.14. The maximum atomic E-state index is 13.6. The number of aryl methyl sites for hydroxylation is 2. The van der Waals surface area contributed by atoms with E-state index in [-0.39, 0.29) is 11.2 Å². The third kappa shape index (κ3) is 4.59. The number of methoxy groups -OCH3 is 1. The van der Waals surface area contributed by atoms with Crippen molar-refractivity contribution in [2.75, 3.05) is 38.2 Å². The molecule has 33 heavy (non-hydrogen) atoms. The number of piperazine rings is 1. The molecule has 1 saturated heterocycles. The van der Waals surface area contributed by atoms with Gasteiger partial charge in [0.05, 0.1) is 7.11 Å². The maximum absolute atomic E-state index is 13.6. The first-order valence-electron chi connectivity index (χ1n) is 11.3. The highest BCUT2D eigenvalue weighted by Gasteiger charge is 2.24. The van der Waals surface area contributed by atoms with Crippen molar-refractivity contribution in [3.05, 3.63) is 62.3 Å². The van der Waals surface area contributed by atoms with Crippen molar-refractivity contribution >= 4 is 17.1 Å². The lowest BCUT2D eigenvalue weighted by atomic mass is 10.1. The molecule has 0 radical (unpaired) electrons. The van der Waals surface area contributed by atoms with Crippen molar-refractivity contribution in [3.8, 4) is 5.75 Å².